The number of carbonyl (C=O) groups is 1. The number of rotatable bonds is 6. The van der Waals surface area contributed by atoms with Crippen LogP contribution in [0.4, 0.5) is 5.69 Å². The largest absolute Gasteiger partial charge is 0.322 e. The third kappa shape index (κ3) is 4.97. The lowest BCUT2D eigenvalue weighted by atomic mass is 10.2. The van der Waals surface area contributed by atoms with E-state index in [1.165, 1.54) is 6.42 Å². The highest BCUT2D eigenvalue weighted by Crippen LogP contribution is 2.32. The zero-order valence-corrected chi connectivity index (χ0v) is 16.5. The minimum atomic E-state index is -0.146. The lowest BCUT2D eigenvalue weighted by Gasteiger charge is -2.05. The summed E-state index contributed by atoms with van der Waals surface area (Å²) in [6.45, 7) is 4.46. The van der Waals surface area contributed by atoms with Gasteiger partial charge in [0.15, 0.2) is 4.34 Å². The van der Waals surface area contributed by atoms with Crippen LogP contribution in [0, 0.1) is 5.92 Å². The van der Waals surface area contributed by atoms with Gasteiger partial charge in [-0.05, 0) is 54.8 Å². The van der Waals surface area contributed by atoms with Gasteiger partial charge in [-0.15, -0.1) is 11.3 Å². The van der Waals surface area contributed by atoms with Gasteiger partial charge in [0.25, 0.3) is 5.91 Å². The molecule has 3 rings (SSSR count). The molecule has 0 atom stereocenters. The van der Waals surface area contributed by atoms with E-state index in [0.717, 1.165) is 26.0 Å². The molecule has 25 heavy (non-hydrogen) atoms. The number of thioether (sulfide) groups is 1. The van der Waals surface area contributed by atoms with Crippen LogP contribution in [0.5, 0.6) is 0 Å². The second kappa shape index (κ2) is 8.21. The van der Waals surface area contributed by atoms with Crippen LogP contribution >= 0.6 is 34.7 Å². The molecule has 0 unspecified atom stereocenters. The highest BCUT2D eigenvalue weighted by atomic mass is 35.5. The van der Waals surface area contributed by atoms with Crippen molar-refractivity contribution in [2.75, 3.05) is 11.1 Å². The van der Waals surface area contributed by atoms with Crippen molar-refractivity contribution in [2.45, 2.75) is 24.6 Å². The van der Waals surface area contributed by atoms with E-state index >= 15 is 0 Å². The van der Waals surface area contributed by atoms with Crippen molar-refractivity contribution >= 4 is 56.5 Å². The van der Waals surface area contributed by atoms with Crippen LogP contribution in [0.25, 0.3) is 10.2 Å². The molecule has 3 nitrogen and oxygen atoms in total. The first-order valence-corrected chi connectivity index (χ1v) is 10.3. The summed E-state index contributed by atoms with van der Waals surface area (Å²) in [5.74, 6) is 1.64. The van der Waals surface area contributed by atoms with Gasteiger partial charge in [-0.3, -0.25) is 4.79 Å². The second-order valence-electron chi connectivity index (χ2n) is 6.15. The molecule has 0 aliphatic carbocycles. The number of thiazole rings is 1. The SMILES string of the molecule is CC(C)CCSc1nc2ccc(NC(=O)c3ccc(Cl)cc3)cc2s1. The van der Waals surface area contributed by atoms with E-state index in [9.17, 15) is 4.79 Å². The van der Waals surface area contributed by atoms with Crippen molar-refractivity contribution < 1.29 is 4.79 Å². The van der Waals surface area contributed by atoms with Crippen molar-refractivity contribution in [2.24, 2.45) is 5.92 Å². The molecule has 0 spiro atoms. The number of carbonyl (C=O) groups excluding carboxylic acids is 1. The molecule has 2 aromatic carbocycles. The number of hydrogen-bond acceptors (Lipinski definition) is 4. The molecule has 0 fully saturated rings. The van der Waals surface area contributed by atoms with Crippen molar-refractivity contribution in [1.82, 2.24) is 4.98 Å². The zero-order chi connectivity index (χ0) is 17.8. The smallest absolute Gasteiger partial charge is 0.255 e. The predicted molar refractivity (Wildman–Crippen MR) is 109 cm³/mol. The van der Waals surface area contributed by atoms with Gasteiger partial charge in [0.2, 0.25) is 0 Å². The molecule has 0 bridgehead atoms. The van der Waals surface area contributed by atoms with Gasteiger partial charge >= 0.3 is 0 Å². The summed E-state index contributed by atoms with van der Waals surface area (Å²) in [7, 11) is 0. The van der Waals surface area contributed by atoms with Crippen LogP contribution in [-0.2, 0) is 0 Å². The average Bonchev–Trinajstić information content (AvgIpc) is 2.97. The Morgan fingerprint density at radius 3 is 2.72 bits per heavy atom. The summed E-state index contributed by atoms with van der Waals surface area (Å²) in [5.41, 5.74) is 2.33. The normalized spacial score (nSPS) is 11.2. The highest BCUT2D eigenvalue weighted by molar-refractivity contribution is 8.01. The fraction of sp³-hybridized carbons (Fsp3) is 0.263. The quantitative estimate of drug-likeness (QED) is 0.499. The van der Waals surface area contributed by atoms with E-state index in [-0.39, 0.29) is 5.91 Å². The number of aromatic nitrogens is 1. The first-order valence-electron chi connectivity index (χ1n) is 8.11. The van der Waals surface area contributed by atoms with Gasteiger partial charge in [-0.1, -0.05) is 37.2 Å². The van der Waals surface area contributed by atoms with Gasteiger partial charge in [0, 0.05) is 22.0 Å². The van der Waals surface area contributed by atoms with E-state index < -0.39 is 0 Å². The van der Waals surface area contributed by atoms with Gasteiger partial charge in [-0.2, -0.15) is 0 Å². The summed E-state index contributed by atoms with van der Waals surface area (Å²) in [4.78, 5) is 17.0. The Morgan fingerprint density at radius 1 is 1.24 bits per heavy atom. The fourth-order valence-corrected chi connectivity index (χ4v) is 4.77. The molecule has 1 amide bonds. The van der Waals surface area contributed by atoms with Crippen molar-refractivity contribution in [1.29, 1.82) is 0 Å². The summed E-state index contributed by atoms with van der Waals surface area (Å²) in [5, 5.41) is 3.54. The van der Waals surface area contributed by atoms with Crippen molar-refractivity contribution in [3.8, 4) is 0 Å². The van der Waals surface area contributed by atoms with Crippen molar-refractivity contribution in [3.05, 3.63) is 53.1 Å². The molecule has 130 valence electrons. The Labute approximate surface area is 160 Å². The van der Waals surface area contributed by atoms with Crippen LogP contribution in [0.1, 0.15) is 30.6 Å². The molecular formula is C19H19ClN2OS2. The fourth-order valence-electron chi connectivity index (χ4n) is 2.23. The number of fused-ring (bicyclic) bond motifs is 1. The lowest BCUT2D eigenvalue weighted by Crippen LogP contribution is -2.11. The third-order valence-corrected chi connectivity index (χ3v) is 6.10. The molecular weight excluding hydrogens is 372 g/mol. The third-order valence-electron chi connectivity index (χ3n) is 3.65. The monoisotopic (exact) mass is 390 g/mol. The molecule has 0 radical (unpaired) electrons. The second-order valence-corrected chi connectivity index (χ2v) is 8.96. The van der Waals surface area contributed by atoms with Gasteiger partial charge < -0.3 is 5.32 Å². The van der Waals surface area contributed by atoms with E-state index in [0.29, 0.717) is 16.5 Å². The van der Waals surface area contributed by atoms with Crippen molar-refractivity contribution in [3.63, 3.8) is 0 Å². The number of amides is 1. The summed E-state index contributed by atoms with van der Waals surface area (Å²) >= 11 is 9.33. The van der Waals surface area contributed by atoms with Crippen LogP contribution in [0.2, 0.25) is 5.02 Å². The highest BCUT2D eigenvalue weighted by Gasteiger charge is 2.09. The number of nitrogens with zero attached hydrogens (tertiary/aromatic N) is 1. The van der Waals surface area contributed by atoms with Gasteiger partial charge in [-0.25, -0.2) is 4.98 Å². The molecule has 0 aliphatic heterocycles. The number of anilines is 1. The minimum absolute atomic E-state index is 0.146. The standard InChI is InChI=1S/C19H19ClN2OS2/c1-12(2)9-10-24-19-22-16-8-7-15(11-17(16)25-19)21-18(23)13-3-5-14(20)6-4-13/h3-8,11-12H,9-10H2,1-2H3,(H,21,23). The number of hydrogen-bond donors (Lipinski definition) is 1. The maximum atomic E-state index is 12.3. The maximum absolute atomic E-state index is 12.3. The van der Waals surface area contributed by atoms with E-state index in [4.69, 9.17) is 11.6 Å². The molecule has 6 heteroatoms. The summed E-state index contributed by atoms with van der Waals surface area (Å²) in [6, 6.07) is 12.7. The molecule has 3 aromatic rings. The molecule has 0 saturated heterocycles. The van der Waals surface area contributed by atoms with Gasteiger partial charge in [0.1, 0.15) is 0 Å². The Hall–Kier alpha value is -1.56. The minimum Gasteiger partial charge on any atom is -0.322 e. The Balaban J connectivity index is 1.70. The number of halogens is 1. The average molecular weight is 391 g/mol. The van der Waals surface area contributed by atoms with E-state index in [1.54, 1.807) is 47.4 Å². The molecule has 0 saturated carbocycles. The van der Waals surface area contributed by atoms with Crippen LogP contribution < -0.4 is 5.32 Å². The molecule has 1 N–H and O–H groups in total. The summed E-state index contributed by atoms with van der Waals surface area (Å²) in [6.07, 6.45) is 1.18. The Kier molecular flexibility index (Phi) is 5.99. The molecule has 0 aliphatic rings. The van der Waals surface area contributed by atoms with E-state index in [1.807, 2.05) is 18.2 Å². The summed E-state index contributed by atoms with van der Waals surface area (Å²) < 4.78 is 2.16. The Morgan fingerprint density at radius 2 is 2.00 bits per heavy atom. The first kappa shape index (κ1) is 18.2. The maximum Gasteiger partial charge on any atom is 0.255 e. The van der Waals surface area contributed by atoms with Crippen LogP contribution in [0.15, 0.2) is 46.8 Å². The molecule has 1 aromatic heterocycles. The van der Waals surface area contributed by atoms with E-state index in [2.05, 4.69) is 24.1 Å². The predicted octanol–water partition coefficient (Wildman–Crippen LogP) is 6.34. The number of nitrogens with one attached hydrogen (secondary N) is 1. The van der Waals surface area contributed by atoms with Gasteiger partial charge in [0.05, 0.1) is 10.2 Å². The lowest BCUT2D eigenvalue weighted by molar-refractivity contribution is 0.102. The zero-order valence-electron chi connectivity index (χ0n) is 14.1. The number of benzene rings is 2. The first-order chi connectivity index (χ1) is 12.0. The Bertz CT molecular complexity index is 875. The molecule has 1 heterocycles. The van der Waals surface area contributed by atoms with Crippen LogP contribution in [-0.4, -0.2) is 16.6 Å². The van der Waals surface area contributed by atoms with Crippen LogP contribution in [0.3, 0.4) is 0 Å². The topological polar surface area (TPSA) is 42.0 Å².